The summed E-state index contributed by atoms with van der Waals surface area (Å²) in [4.78, 5) is 17.1. The summed E-state index contributed by atoms with van der Waals surface area (Å²) in [6.45, 7) is 2.38. The van der Waals surface area contributed by atoms with Gasteiger partial charge in [-0.05, 0) is 71.1 Å². The fraction of sp³-hybridized carbons (Fsp3) is 0.0488. The summed E-state index contributed by atoms with van der Waals surface area (Å²) in [5.41, 5.74) is 12.8. The predicted octanol–water partition coefficient (Wildman–Crippen LogP) is 9.99. The molecule has 4 heteroatoms. The van der Waals surface area contributed by atoms with Crippen LogP contribution in [-0.4, -0.2) is 15.0 Å². The second-order valence-corrected chi connectivity index (χ2v) is 11.8. The summed E-state index contributed by atoms with van der Waals surface area (Å²) in [5, 5.41) is 0. The number of para-hydroxylation sites is 1. The summed E-state index contributed by atoms with van der Waals surface area (Å²) in [6, 6.07) is 53.2. The van der Waals surface area contributed by atoms with Gasteiger partial charge >= 0.3 is 0 Å². The van der Waals surface area contributed by atoms with Crippen LogP contribution in [0.1, 0.15) is 23.6 Å². The van der Waals surface area contributed by atoms with Gasteiger partial charge in [0.15, 0.2) is 17.5 Å². The predicted molar refractivity (Wildman–Crippen MR) is 182 cm³/mol. The molecule has 0 amide bonds. The van der Waals surface area contributed by atoms with E-state index in [1.165, 1.54) is 39.2 Å². The quantitative estimate of drug-likeness (QED) is 0.209. The van der Waals surface area contributed by atoms with Gasteiger partial charge in [0, 0.05) is 27.8 Å². The molecule has 45 heavy (non-hydrogen) atoms. The van der Waals surface area contributed by atoms with Crippen molar-refractivity contribution < 1.29 is 0 Å². The zero-order valence-electron chi connectivity index (χ0n) is 24.7. The molecule has 0 N–H and O–H groups in total. The van der Waals surface area contributed by atoms with Crippen molar-refractivity contribution in [1.29, 1.82) is 0 Å². The number of hydrogen-bond acceptors (Lipinski definition) is 4. The van der Waals surface area contributed by atoms with Crippen molar-refractivity contribution in [2.24, 2.45) is 0 Å². The van der Waals surface area contributed by atoms with Crippen molar-refractivity contribution in [1.82, 2.24) is 15.0 Å². The van der Waals surface area contributed by atoms with Crippen LogP contribution in [0.25, 0.3) is 45.3 Å². The van der Waals surface area contributed by atoms with E-state index in [1.54, 1.807) is 0 Å². The molecule has 0 fully saturated rings. The van der Waals surface area contributed by atoms with Crippen molar-refractivity contribution >= 4 is 17.1 Å². The Hall–Kier alpha value is -5.87. The smallest absolute Gasteiger partial charge is 0.164 e. The highest BCUT2D eigenvalue weighted by molar-refractivity contribution is 5.97. The van der Waals surface area contributed by atoms with Crippen LogP contribution in [0.5, 0.6) is 0 Å². The topological polar surface area (TPSA) is 41.9 Å². The molecule has 1 aliphatic carbocycles. The van der Waals surface area contributed by atoms with Crippen LogP contribution in [-0.2, 0) is 5.41 Å². The Balaban J connectivity index is 1.18. The van der Waals surface area contributed by atoms with Gasteiger partial charge in [0.05, 0.1) is 11.4 Å². The normalized spacial score (nSPS) is 15.7. The van der Waals surface area contributed by atoms with E-state index in [0.717, 1.165) is 22.4 Å². The van der Waals surface area contributed by atoms with Gasteiger partial charge in [0.25, 0.3) is 0 Å². The second kappa shape index (κ2) is 9.83. The van der Waals surface area contributed by atoms with E-state index in [-0.39, 0.29) is 5.41 Å². The highest BCUT2D eigenvalue weighted by atomic mass is 15.2. The molecular weight excluding hydrogens is 548 g/mol. The molecule has 0 unspecified atom stereocenters. The monoisotopic (exact) mass is 576 g/mol. The number of fused-ring (bicyclic) bond motifs is 5. The van der Waals surface area contributed by atoms with E-state index in [9.17, 15) is 0 Å². The van der Waals surface area contributed by atoms with Crippen molar-refractivity contribution in [3.05, 3.63) is 168 Å². The molecule has 1 atom stereocenters. The Morgan fingerprint density at radius 3 is 1.56 bits per heavy atom. The van der Waals surface area contributed by atoms with E-state index >= 15 is 0 Å². The summed E-state index contributed by atoms with van der Waals surface area (Å²) in [6.07, 6.45) is 0. The summed E-state index contributed by atoms with van der Waals surface area (Å²) >= 11 is 0. The fourth-order valence-electron chi connectivity index (χ4n) is 7.24. The minimum atomic E-state index is -0.220. The molecule has 0 radical (unpaired) electrons. The largest absolute Gasteiger partial charge is 0.310 e. The lowest BCUT2D eigenvalue weighted by Gasteiger charge is -2.42. The SMILES string of the molecule is C[C@]12c3ccccc3-c3cccc(c31)N(c1ccc(-c3nc(-c4ccccc4)nc(-c4ccccc4)n3)cc1)c1ccccc12. The minimum Gasteiger partial charge on any atom is -0.310 e. The number of hydrogen-bond donors (Lipinski definition) is 0. The molecule has 9 rings (SSSR count). The maximum absolute atomic E-state index is 4.94. The average molecular weight is 577 g/mol. The van der Waals surface area contributed by atoms with Crippen LogP contribution in [0, 0.1) is 0 Å². The zero-order chi connectivity index (χ0) is 30.0. The van der Waals surface area contributed by atoms with Gasteiger partial charge in [-0.3, -0.25) is 0 Å². The molecular formula is C41H28N4. The van der Waals surface area contributed by atoms with E-state index in [4.69, 9.17) is 15.0 Å². The minimum absolute atomic E-state index is 0.220. The second-order valence-electron chi connectivity index (χ2n) is 11.8. The van der Waals surface area contributed by atoms with Gasteiger partial charge in [0.2, 0.25) is 0 Å². The van der Waals surface area contributed by atoms with Crippen LogP contribution in [0.4, 0.5) is 17.1 Å². The third-order valence-electron chi connectivity index (χ3n) is 9.31. The first-order valence-corrected chi connectivity index (χ1v) is 15.3. The molecule has 212 valence electrons. The summed E-state index contributed by atoms with van der Waals surface area (Å²) in [5.74, 6) is 1.97. The van der Waals surface area contributed by atoms with E-state index in [0.29, 0.717) is 17.5 Å². The highest BCUT2D eigenvalue weighted by Crippen LogP contribution is 2.61. The van der Waals surface area contributed by atoms with Crippen LogP contribution < -0.4 is 4.90 Å². The molecule has 2 aliphatic rings. The van der Waals surface area contributed by atoms with Gasteiger partial charge in [-0.1, -0.05) is 115 Å². The summed E-state index contributed by atoms with van der Waals surface area (Å²) in [7, 11) is 0. The third-order valence-corrected chi connectivity index (χ3v) is 9.31. The van der Waals surface area contributed by atoms with E-state index < -0.39 is 0 Å². The maximum atomic E-state index is 4.94. The first-order chi connectivity index (χ1) is 22.2. The fourth-order valence-corrected chi connectivity index (χ4v) is 7.24. The molecule has 0 spiro atoms. The van der Waals surface area contributed by atoms with E-state index in [2.05, 4.69) is 103 Å². The first-order valence-electron chi connectivity index (χ1n) is 15.3. The van der Waals surface area contributed by atoms with Crippen molar-refractivity contribution in [2.45, 2.75) is 12.3 Å². The number of nitrogens with zero attached hydrogens (tertiary/aromatic N) is 4. The standard InChI is InChI=1S/C41H28N4/c1-41-33-19-9-8-17-31(33)32-18-12-22-36(37(32)41)45(35-21-11-10-20-34(35)41)30-25-23-29(24-26-30)40-43-38(27-13-4-2-5-14-27)42-39(44-40)28-15-6-3-7-16-28/h2-26H,1H3/t41-/m1/s1. The summed E-state index contributed by atoms with van der Waals surface area (Å²) < 4.78 is 0. The molecule has 2 heterocycles. The number of anilines is 3. The Bertz CT molecular complexity index is 2170. The lowest BCUT2D eigenvalue weighted by molar-refractivity contribution is 0.702. The highest BCUT2D eigenvalue weighted by Gasteiger charge is 2.47. The van der Waals surface area contributed by atoms with Crippen molar-refractivity contribution in [3.63, 3.8) is 0 Å². The Labute approximate surface area is 262 Å². The molecule has 7 aromatic rings. The molecule has 0 bridgehead atoms. The molecule has 1 aliphatic heterocycles. The maximum Gasteiger partial charge on any atom is 0.164 e. The Morgan fingerprint density at radius 2 is 0.911 bits per heavy atom. The molecule has 6 aromatic carbocycles. The number of benzene rings is 6. The lowest BCUT2D eigenvalue weighted by atomic mass is 9.70. The molecule has 0 saturated carbocycles. The van der Waals surface area contributed by atoms with Gasteiger partial charge < -0.3 is 4.90 Å². The lowest BCUT2D eigenvalue weighted by Crippen LogP contribution is -2.32. The zero-order valence-corrected chi connectivity index (χ0v) is 24.7. The molecule has 4 nitrogen and oxygen atoms in total. The first kappa shape index (κ1) is 25.6. The molecule has 1 aromatic heterocycles. The van der Waals surface area contributed by atoms with Crippen LogP contribution >= 0.6 is 0 Å². The number of rotatable bonds is 4. The third kappa shape index (κ3) is 3.82. The average Bonchev–Trinajstić information content (AvgIpc) is 3.39. The Kier molecular flexibility index (Phi) is 5.59. The van der Waals surface area contributed by atoms with Crippen molar-refractivity contribution in [2.75, 3.05) is 4.90 Å². The van der Waals surface area contributed by atoms with Gasteiger partial charge in [0.1, 0.15) is 0 Å². The van der Waals surface area contributed by atoms with Crippen LogP contribution in [0.15, 0.2) is 152 Å². The van der Waals surface area contributed by atoms with Gasteiger partial charge in [-0.25, -0.2) is 15.0 Å². The van der Waals surface area contributed by atoms with Gasteiger partial charge in [-0.2, -0.15) is 0 Å². The van der Waals surface area contributed by atoms with Gasteiger partial charge in [-0.15, -0.1) is 0 Å². The van der Waals surface area contributed by atoms with Crippen LogP contribution in [0.2, 0.25) is 0 Å². The molecule has 0 saturated heterocycles. The van der Waals surface area contributed by atoms with E-state index in [1.807, 2.05) is 60.7 Å². The van der Waals surface area contributed by atoms with Crippen LogP contribution in [0.3, 0.4) is 0 Å². The Morgan fingerprint density at radius 1 is 0.422 bits per heavy atom. The number of aromatic nitrogens is 3. The van der Waals surface area contributed by atoms with Crippen molar-refractivity contribution in [3.8, 4) is 45.3 Å².